The lowest BCUT2D eigenvalue weighted by atomic mass is 10.0. The fraction of sp³-hybridized carbons (Fsp3) is 0.333. The number of aryl methyl sites for hydroxylation is 2. The van der Waals surface area contributed by atoms with E-state index in [0.29, 0.717) is 47.5 Å². The van der Waals surface area contributed by atoms with Crippen molar-refractivity contribution in [2.24, 2.45) is 5.73 Å². The second kappa shape index (κ2) is 11.0. The highest BCUT2D eigenvalue weighted by molar-refractivity contribution is 5.98. The molecule has 0 bridgehead atoms. The Hall–Kier alpha value is -3.58. The summed E-state index contributed by atoms with van der Waals surface area (Å²) in [6.45, 7) is 4.02. The van der Waals surface area contributed by atoms with Gasteiger partial charge >= 0.3 is 6.09 Å². The smallest absolute Gasteiger partial charge is 0.415 e. The minimum atomic E-state index is -0.564. The van der Waals surface area contributed by atoms with Gasteiger partial charge in [0.2, 0.25) is 0 Å². The van der Waals surface area contributed by atoms with Crippen LogP contribution in [0.15, 0.2) is 65.1 Å². The van der Waals surface area contributed by atoms with Crippen molar-refractivity contribution in [1.29, 1.82) is 0 Å². The minimum absolute atomic E-state index is 0.305. The summed E-state index contributed by atoms with van der Waals surface area (Å²) in [5, 5.41) is 3.62. The molecule has 1 aliphatic rings. The summed E-state index contributed by atoms with van der Waals surface area (Å²) >= 11 is 0. The molecule has 2 heterocycles. The van der Waals surface area contributed by atoms with Crippen molar-refractivity contribution in [2.75, 3.05) is 19.6 Å². The van der Waals surface area contributed by atoms with Gasteiger partial charge in [-0.1, -0.05) is 42.5 Å². The molecule has 2 amide bonds. The molecule has 178 valence electrons. The van der Waals surface area contributed by atoms with Crippen LogP contribution in [-0.4, -0.2) is 42.6 Å². The molecule has 1 fully saturated rings. The molecule has 0 unspecified atom stereocenters. The highest BCUT2D eigenvalue weighted by Crippen LogP contribution is 2.30. The fourth-order valence-corrected chi connectivity index (χ4v) is 4.29. The number of amides is 2. The number of nitrogens with zero attached hydrogens (tertiary/aromatic N) is 1. The van der Waals surface area contributed by atoms with E-state index in [9.17, 15) is 9.59 Å². The van der Waals surface area contributed by atoms with Crippen LogP contribution in [0.4, 0.5) is 4.79 Å². The van der Waals surface area contributed by atoms with Crippen molar-refractivity contribution in [1.82, 2.24) is 10.2 Å². The quantitative estimate of drug-likeness (QED) is 0.480. The first-order chi connectivity index (χ1) is 16.5. The number of primary amides is 1. The lowest BCUT2D eigenvalue weighted by Crippen LogP contribution is -2.46. The molecule has 1 aliphatic heterocycles. The number of likely N-dealkylation sites (tertiary alicyclic amines) is 1. The van der Waals surface area contributed by atoms with Crippen molar-refractivity contribution < 1.29 is 18.7 Å². The summed E-state index contributed by atoms with van der Waals surface area (Å²) in [4.78, 5) is 26.2. The number of hydrogen-bond acceptors (Lipinski definition) is 5. The van der Waals surface area contributed by atoms with Gasteiger partial charge in [0.15, 0.2) is 0 Å². The molecule has 0 radical (unpaired) electrons. The molecule has 7 heteroatoms. The molecule has 0 atom stereocenters. The zero-order valence-corrected chi connectivity index (χ0v) is 19.5. The number of carbonyl (C=O) groups is 2. The monoisotopic (exact) mass is 461 g/mol. The summed E-state index contributed by atoms with van der Waals surface area (Å²) in [5.74, 6) is 0.795. The van der Waals surface area contributed by atoms with Crippen LogP contribution in [0.3, 0.4) is 0 Å². The third-order valence-electron chi connectivity index (χ3n) is 6.09. The minimum Gasteiger partial charge on any atom is -0.461 e. The van der Waals surface area contributed by atoms with E-state index in [4.69, 9.17) is 14.9 Å². The standard InChI is InChI=1S/C27H31N3O4/c1-19-17-24(26(28)31)25(33-19)21-10-5-11-23(18-21)34-27(32)30-15-12-22(13-16-30)29-14-6-9-20-7-3-2-4-8-20/h2-5,7-8,10-11,17-18,22,29H,6,9,12-16H2,1H3,(H2,28,31). The van der Waals surface area contributed by atoms with Gasteiger partial charge in [-0.2, -0.15) is 0 Å². The van der Waals surface area contributed by atoms with Gasteiger partial charge in [0.25, 0.3) is 5.91 Å². The second-order valence-corrected chi connectivity index (χ2v) is 8.66. The Morgan fingerprint density at radius 1 is 1.09 bits per heavy atom. The van der Waals surface area contributed by atoms with Gasteiger partial charge in [-0.25, -0.2) is 4.79 Å². The molecule has 0 saturated carbocycles. The first-order valence-electron chi connectivity index (χ1n) is 11.7. The second-order valence-electron chi connectivity index (χ2n) is 8.66. The van der Waals surface area contributed by atoms with Gasteiger partial charge in [-0.15, -0.1) is 0 Å². The van der Waals surface area contributed by atoms with E-state index in [1.807, 2.05) is 6.07 Å². The molecular formula is C27H31N3O4. The van der Waals surface area contributed by atoms with E-state index in [2.05, 4.69) is 29.6 Å². The van der Waals surface area contributed by atoms with Gasteiger partial charge in [0.05, 0.1) is 5.56 Å². The number of nitrogens with one attached hydrogen (secondary N) is 1. The zero-order chi connectivity index (χ0) is 23.9. The topological polar surface area (TPSA) is 97.8 Å². The Bertz CT molecular complexity index is 1120. The maximum absolute atomic E-state index is 12.7. The molecule has 3 N–H and O–H groups in total. The number of ether oxygens (including phenoxy) is 1. The zero-order valence-electron chi connectivity index (χ0n) is 19.5. The maximum atomic E-state index is 12.7. The first-order valence-corrected chi connectivity index (χ1v) is 11.7. The van der Waals surface area contributed by atoms with E-state index in [1.54, 1.807) is 42.2 Å². The van der Waals surface area contributed by atoms with Crippen molar-refractivity contribution in [2.45, 2.75) is 38.6 Å². The molecule has 0 spiro atoms. The van der Waals surface area contributed by atoms with Gasteiger partial charge in [-0.3, -0.25) is 4.79 Å². The Labute approximate surface area is 199 Å². The molecule has 1 aromatic heterocycles. The number of nitrogens with two attached hydrogens (primary N) is 1. The summed E-state index contributed by atoms with van der Waals surface area (Å²) in [5.41, 5.74) is 7.76. The van der Waals surface area contributed by atoms with Gasteiger partial charge < -0.3 is 25.1 Å². The highest BCUT2D eigenvalue weighted by Gasteiger charge is 2.24. The molecule has 7 nitrogen and oxygen atoms in total. The van der Waals surface area contributed by atoms with Crippen LogP contribution in [0.1, 0.15) is 40.9 Å². The maximum Gasteiger partial charge on any atom is 0.415 e. The number of carbonyl (C=O) groups excluding carboxylic acids is 2. The van der Waals surface area contributed by atoms with Crippen LogP contribution < -0.4 is 15.8 Å². The predicted octanol–water partition coefficient (Wildman–Crippen LogP) is 4.54. The molecule has 0 aliphatic carbocycles. The number of piperidine rings is 1. The van der Waals surface area contributed by atoms with Crippen molar-refractivity contribution in [3.63, 3.8) is 0 Å². The van der Waals surface area contributed by atoms with E-state index in [0.717, 1.165) is 32.2 Å². The number of furan rings is 1. The predicted molar refractivity (Wildman–Crippen MR) is 131 cm³/mol. The van der Waals surface area contributed by atoms with E-state index in [1.165, 1.54) is 5.56 Å². The van der Waals surface area contributed by atoms with Crippen molar-refractivity contribution >= 4 is 12.0 Å². The largest absolute Gasteiger partial charge is 0.461 e. The summed E-state index contributed by atoms with van der Waals surface area (Å²) in [7, 11) is 0. The van der Waals surface area contributed by atoms with Crippen LogP contribution in [0.5, 0.6) is 5.75 Å². The Balaban J connectivity index is 1.25. The first kappa shape index (κ1) is 23.6. The normalized spacial score (nSPS) is 14.2. The van der Waals surface area contributed by atoms with Gasteiger partial charge in [-0.05, 0) is 62.9 Å². The van der Waals surface area contributed by atoms with E-state index in [-0.39, 0.29) is 6.09 Å². The molecule has 2 aromatic carbocycles. The fourth-order valence-electron chi connectivity index (χ4n) is 4.29. The highest BCUT2D eigenvalue weighted by atomic mass is 16.6. The molecule has 3 aromatic rings. The van der Waals surface area contributed by atoms with Crippen LogP contribution in [0.25, 0.3) is 11.3 Å². The van der Waals surface area contributed by atoms with Crippen LogP contribution in [0.2, 0.25) is 0 Å². The lowest BCUT2D eigenvalue weighted by molar-refractivity contribution is 0.1000. The van der Waals surface area contributed by atoms with E-state index >= 15 is 0 Å². The molecular weight excluding hydrogens is 430 g/mol. The lowest BCUT2D eigenvalue weighted by Gasteiger charge is -2.31. The van der Waals surface area contributed by atoms with Crippen LogP contribution >= 0.6 is 0 Å². The average Bonchev–Trinajstić information content (AvgIpc) is 3.25. The number of rotatable bonds is 8. The Morgan fingerprint density at radius 3 is 2.59 bits per heavy atom. The number of benzene rings is 2. The van der Waals surface area contributed by atoms with Crippen molar-refractivity contribution in [3.8, 4) is 17.1 Å². The third kappa shape index (κ3) is 6.05. The summed E-state index contributed by atoms with van der Waals surface area (Å²) in [6, 6.07) is 19.5. The summed E-state index contributed by atoms with van der Waals surface area (Å²) < 4.78 is 11.3. The SMILES string of the molecule is Cc1cc(C(N)=O)c(-c2cccc(OC(=O)N3CCC(NCCCc4ccccc4)CC3)c2)o1. The number of hydrogen-bond donors (Lipinski definition) is 2. The molecule has 34 heavy (non-hydrogen) atoms. The molecule has 1 saturated heterocycles. The van der Waals surface area contributed by atoms with Gasteiger partial charge in [0.1, 0.15) is 17.3 Å². The average molecular weight is 462 g/mol. The Kier molecular flexibility index (Phi) is 7.65. The molecule has 4 rings (SSSR count). The van der Waals surface area contributed by atoms with Crippen LogP contribution in [-0.2, 0) is 6.42 Å². The van der Waals surface area contributed by atoms with Crippen LogP contribution in [0, 0.1) is 6.92 Å². The summed E-state index contributed by atoms with van der Waals surface area (Å²) in [6.07, 6.45) is 3.58. The Morgan fingerprint density at radius 2 is 1.85 bits per heavy atom. The van der Waals surface area contributed by atoms with Gasteiger partial charge in [0, 0.05) is 24.7 Å². The third-order valence-corrected chi connectivity index (χ3v) is 6.09. The van der Waals surface area contributed by atoms with E-state index < -0.39 is 5.91 Å². The van der Waals surface area contributed by atoms with Crippen molar-refractivity contribution in [3.05, 3.63) is 77.6 Å².